The van der Waals surface area contributed by atoms with Crippen molar-refractivity contribution < 1.29 is 14.3 Å². The second kappa shape index (κ2) is 9.61. The number of carbonyl (C=O) groups is 1. The van der Waals surface area contributed by atoms with Gasteiger partial charge in [0.25, 0.3) is 0 Å². The Bertz CT molecular complexity index is 367. The van der Waals surface area contributed by atoms with Crippen molar-refractivity contribution >= 4 is 18.3 Å². The van der Waals surface area contributed by atoms with Crippen LogP contribution in [0, 0.1) is 0 Å². The van der Waals surface area contributed by atoms with Gasteiger partial charge in [-0.05, 0) is 24.1 Å². The van der Waals surface area contributed by atoms with Crippen LogP contribution >= 0.6 is 12.4 Å². The van der Waals surface area contributed by atoms with Crippen molar-refractivity contribution in [1.82, 2.24) is 5.32 Å². The summed E-state index contributed by atoms with van der Waals surface area (Å²) in [6, 6.07) is 7.74. The maximum Gasteiger partial charge on any atom is 0.250 e. The molecule has 0 aliphatic rings. The molecule has 0 heterocycles. The van der Waals surface area contributed by atoms with E-state index in [0.29, 0.717) is 6.54 Å². The molecule has 6 heteroatoms. The Balaban J connectivity index is 0.00000324. The molecule has 0 radical (unpaired) electrons. The zero-order valence-electron chi connectivity index (χ0n) is 11.2. The molecule has 3 N–H and O–H groups in total. The quantitative estimate of drug-likeness (QED) is 0.776. The molecular weight excluding hydrogens is 268 g/mol. The highest BCUT2D eigenvalue weighted by molar-refractivity contribution is 5.85. The molecule has 0 aromatic heterocycles. The number of hydrogen-bond acceptors (Lipinski definition) is 4. The Hall–Kier alpha value is -1.30. The highest BCUT2D eigenvalue weighted by Crippen LogP contribution is 2.11. The summed E-state index contributed by atoms with van der Waals surface area (Å²) in [6.45, 7) is 0.746. The Morgan fingerprint density at radius 2 is 1.95 bits per heavy atom. The average molecular weight is 289 g/mol. The zero-order valence-corrected chi connectivity index (χ0v) is 12.0. The Morgan fingerprint density at radius 3 is 2.42 bits per heavy atom. The first-order valence-corrected chi connectivity index (χ1v) is 5.84. The normalized spacial score (nSPS) is 11.3. The summed E-state index contributed by atoms with van der Waals surface area (Å²) >= 11 is 0. The van der Waals surface area contributed by atoms with Gasteiger partial charge in [0.1, 0.15) is 11.9 Å². The van der Waals surface area contributed by atoms with E-state index in [1.54, 1.807) is 7.11 Å². The van der Waals surface area contributed by atoms with Gasteiger partial charge in [-0.25, -0.2) is 0 Å². The number of rotatable bonds is 7. The highest BCUT2D eigenvalue weighted by atomic mass is 35.5. The number of carbonyl (C=O) groups excluding carboxylic acids is 1. The van der Waals surface area contributed by atoms with Crippen molar-refractivity contribution in [3.63, 3.8) is 0 Å². The Kier molecular flexibility index (Phi) is 8.95. The smallest absolute Gasteiger partial charge is 0.250 e. The van der Waals surface area contributed by atoms with Crippen LogP contribution in [0.3, 0.4) is 0 Å². The third-order valence-corrected chi connectivity index (χ3v) is 2.66. The van der Waals surface area contributed by atoms with Gasteiger partial charge < -0.3 is 20.5 Å². The number of ether oxygens (including phenoxy) is 2. The van der Waals surface area contributed by atoms with E-state index in [2.05, 4.69) is 5.32 Å². The van der Waals surface area contributed by atoms with Gasteiger partial charge in [0, 0.05) is 20.2 Å². The SMILES string of the molecule is COc1ccc(CCNC(=O)C(CN)OC)cc1.Cl. The summed E-state index contributed by atoms with van der Waals surface area (Å²) in [5, 5.41) is 2.79. The van der Waals surface area contributed by atoms with Crippen LogP contribution in [0.4, 0.5) is 0 Å². The van der Waals surface area contributed by atoms with Gasteiger partial charge in [-0.2, -0.15) is 0 Å². The predicted molar refractivity (Wildman–Crippen MR) is 76.8 cm³/mol. The van der Waals surface area contributed by atoms with Crippen molar-refractivity contribution in [1.29, 1.82) is 0 Å². The molecule has 1 aromatic carbocycles. The van der Waals surface area contributed by atoms with Gasteiger partial charge in [-0.15, -0.1) is 12.4 Å². The van der Waals surface area contributed by atoms with Gasteiger partial charge in [0.2, 0.25) is 5.91 Å². The molecule has 0 bridgehead atoms. The van der Waals surface area contributed by atoms with Gasteiger partial charge in [0.05, 0.1) is 7.11 Å². The van der Waals surface area contributed by atoms with E-state index in [1.165, 1.54) is 7.11 Å². The number of halogens is 1. The number of methoxy groups -OCH3 is 2. The van der Waals surface area contributed by atoms with E-state index in [9.17, 15) is 4.79 Å². The minimum absolute atomic E-state index is 0. The fourth-order valence-corrected chi connectivity index (χ4v) is 1.55. The average Bonchev–Trinajstić information content (AvgIpc) is 2.41. The maximum atomic E-state index is 11.6. The summed E-state index contributed by atoms with van der Waals surface area (Å²) in [5.41, 5.74) is 6.54. The van der Waals surface area contributed by atoms with Gasteiger partial charge in [0.15, 0.2) is 0 Å². The Morgan fingerprint density at radius 1 is 1.32 bits per heavy atom. The van der Waals surface area contributed by atoms with Crippen molar-refractivity contribution in [2.45, 2.75) is 12.5 Å². The zero-order chi connectivity index (χ0) is 13.4. The molecule has 1 rings (SSSR count). The van der Waals surface area contributed by atoms with Crippen LogP contribution in [0.2, 0.25) is 0 Å². The predicted octanol–water partition coefficient (Wildman–Crippen LogP) is 0.749. The van der Waals surface area contributed by atoms with E-state index in [1.807, 2.05) is 24.3 Å². The van der Waals surface area contributed by atoms with Crippen LogP contribution in [-0.2, 0) is 16.0 Å². The number of amides is 1. The van der Waals surface area contributed by atoms with Crippen LogP contribution in [0.15, 0.2) is 24.3 Å². The van der Waals surface area contributed by atoms with E-state index in [-0.39, 0.29) is 24.9 Å². The third kappa shape index (κ3) is 5.92. The first kappa shape index (κ1) is 17.7. The standard InChI is InChI=1S/C13H20N2O3.ClH/c1-17-11-5-3-10(4-6-11)7-8-15-13(16)12(9-14)18-2;/h3-6,12H,7-9,14H2,1-2H3,(H,15,16);1H. The lowest BCUT2D eigenvalue weighted by Crippen LogP contribution is -2.41. The molecule has 0 aliphatic carbocycles. The van der Waals surface area contributed by atoms with Crippen LogP contribution in [0.1, 0.15) is 5.56 Å². The van der Waals surface area contributed by atoms with E-state index < -0.39 is 6.10 Å². The van der Waals surface area contributed by atoms with Crippen LogP contribution in [-0.4, -0.2) is 39.3 Å². The fraction of sp³-hybridized carbons (Fsp3) is 0.462. The fourth-order valence-electron chi connectivity index (χ4n) is 1.55. The number of nitrogens with two attached hydrogens (primary N) is 1. The topological polar surface area (TPSA) is 73.6 Å². The molecule has 1 aromatic rings. The molecule has 1 atom stereocenters. The van der Waals surface area contributed by atoms with E-state index in [0.717, 1.165) is 17.7 Å². The lowest BCUT2D eigenvalue weighted by Gasteiger charge is -2.12. The largest absolute Gasteiger partial charge is 0.497 e. The van der Waals surface area contributed by atoms with Crippen LogP contribution < -0.4 is 15.8 Å². The number of benzene rings is 1. The van der Waals surface area contributed by atoms with Gasteiger partial charge in [-0.1, -0.05) is 12.1 Å². The lowest BCUT2D eigenvalue weighted by atomic mass is 10.1. The molecule has 0 aliphatic heterocycles. The van der Waals surface area contributed by atoms with Crippen molar-refractivity contribution in [2.24, 2.45) is 5.73 Å². The Labute approximate surface area is 119 Å². The monoisotopic (exact) mass is 288 g/mol. The van der Waals surface area contributed by atoms with Crippen LogP contribution in [0.5, 0.6) is 5.75 Å². The second-order valence-electron chi connectivity index (χ2n) is 3.85. The molecule has 0 saturated carbocycles. The van der Waals surface area contributed by atoms with Crippen LogP contribution in [0.25, 0.3) is 0 Å². The second-order valence-corrected chi connectivity index (χ2v) is 3.85. The lowest BCUT2D eigenvalue weighted by molar-refractivity contribution is -0.130. The minimum atomic E-state index is -0.569. The van der Waals surface area contributed by atoms with Gasteiger partial charge in [-0.3, -0.25) is 4.79 Å². The summed E-state index contributed by atoms with van der Waals surface area (Å²) in [4.78, 5) is 11.6. The summed E-state index contributed by atoms with van der Waals surface area (Å²) < 4.78 is 10.0. The van der Waals surface area contributed by atoms with Gasteiger partial charge >= 0.3 is 0 Å². The molecule has 5 nitrogen and oxygen atoms in total. The summed E-state index contributed by atoms with van der Waals surface area (Å²) in [7, 11) is 3.10. The summed E-state index contributed by atoms with van der Waals surface area (Å²) in [5.74, 6) is 0.652. The number of hydrogen-bond donors (Lipinski definition) is 2. The van der Waals surface area contributed by atoms with Crippen molar-refractivity contribution in [3.05, 3.63) is 29.8 Å². The summed E-state index contributed by atoms with van der Waals surface area (Å²) in [6.07, 6.45) is 0.192. The molecule has 0 spiro atoms. The van der Waals surface area contributed by atoms with Crippen molar-refractivity contribution in [3.8, 4) is 5.75 Å². The maximum absolute atomic E-state index is 11.6. The number of nitrogens with one attached hydrogen (secondary N) is 1. The molecule has 1 unspecified atom stereocenters. The highest BCUT2D eigenvalue weighted by Gasteiger charge is 2.14. The van der Waals surface area contributed by atoms with Crippen molar-refractivity contribution in [2.75, 3.05) is 27.3 Å². The van der Waals surface area contributed by atoms with E-state index >= 15 is 0 Å². The molecule has 19 heavy (non-hydrogen) atoms. The molecular formula is C13H21ClN2O3. The third-order valence-electron chi connectivity index (χ3n) is 2.66. The molecule has 108 valence electrons. The molecule has 0 saturated heterocycles. The first-order chi connectivity index (χ1) is 8.71. The van der Waals surface area contributed by atoms with E-state index in [4.69, 9.17) is 15.2 Å². The molecule has 1 amide bonds. The first-order valence-electron chi connectivity index (χ1n) is 5.84. The minimum Gasteiger partial charge on any atom is -0.497 e. The molecule has 0 fully saturated rings.